The number of hydrogen-bond donors (Lipinski definition) is 1. The zero-order valence-corrected chi connectivity index (χ0v) is 11.7. The lowest BCUT2D eigenvalue weighted by Crippen LogP contribution is -2.28. The van der Waals surface area contributed by atoms with Crippen molar-refractivity contribution in [1.82, 2.24) is 5.32 Å². The molecule has 0 saturated heterocycles. The van der Waals surface area contributed by atoms with Crippen molar-refractivity contribution < 1.29 is 17.2 Å². The molecule has 0 aromatic heterocycles. The van der Waals surface area contributed by atoms with E-state index in [1.807, 2.05) is 13.8 Å². The molecule has 1 aliphatic rings. The minimum Gasteiger partial charge on any atom is -0.308 e. The maximum atomic E-state index is 13.9. The summed E-state index contributed by atoms with van der Waals surface area (Å²) >= 11 is 0. The van der Waals surface area contributed by atoms with E-state index in [1.165, 1.54) is 0 Å². The van der Waals surface area contributed by atoms with E-state index >= 15 is 0 Å². The highest BCUT2D eigenvalue weighted by Gasteiger charge is 2.31. The van der Waals surface area contributed by atoms with Crippen LogP contribution in [0.4, 0.5) is 8.78 Å². The molecule has 0 aliphatic carbocycles. The maximum absolute atomic E-state index is 13.9. The van der Waals surface area contributed by atoms with E-state index in [0.29, 0.717) is 18.9 Å². The number of benzene rings is 1. The fourth-order valence-corrected chi connectivity index (χ4v) is 4.14. The van der Waals surface area contributed by atoms with Crippen molar-refractivity contribution >= 4 is 9.84 Å². The van der Waals surface area contributed by atoms with E-state index in [2.05, 4.69) is 5.32 Å². The summed E-state index contributed by atoms with van der Waals surface area (Å²) in [5, 5.41) is 3.17. The first-order chi connectivity index (χ1) is 8.81. The van der Waals surface area contributed by atoms with E-state index in [4.69, 9.17) is 0 Å². The molecule has 1 aliphatic heterocycles. The third kappa shape index (κ3) is 2.95. The van der Waals surface area contributed by atoms with Crippen molar-refractivity contribution in [2.24, 2.45) is 0 Å². The molecule has 1 heterocycles. The molecule has 3 nitrogen and oxygen atoms in total. The summed E-state index contributed by atoms with van der Waals surface area (Å²) in [6.45, 7) is 3.82. The second-order valence-corrected chi connectivity index (χ2v) is 7.19. The van der Waals surface area contributed by atoms with Gasteiger partial charge in [-0.25, -0.2) is 17.2 Å². The van der Waals surface area contributed by atoms with Crippen LogP contribution in [-0.4, -0.2) is 20.2 Å². The van der Waals surface area contributed by atoms with E-state index in [1.54, 1.807) is 0 Å². The lowest BCUT2D eigenvalue weighted by Gasteiger charge is -2.21. The summed E-state index contributed by atoms with van der Waals surface area (Å²) in [4.78, 5) is -0.343. The molecule has 0 radical (unpaired) electrons. The SMILES string of the molecule is CC(C)NC1CCCS(=O)(=O)c2c(F)cc(F)cc21. The molecule has 106 valence electrons. The van der Waals surface area contributed by atoms with Gasteiger partial charge in [0.05, 0.1) is 5.75 Å². The third-order valence-corrected chi connectivity index (χ3v) is 5.04. The van der Waals surface area contributed by atoms with Crippen molar-refractivity contribution in [1.29, 1.82) is 0 Å². The molecule has 19 heavy (non-hydrogen) atoms. The molecule has 0 fully saturated rings. The van der Waals surface area contributed by atoms with Crippen molar-refractivity contribution in [3.8, 4) is 0 Å². The van der Waals surface area contributed by atoms with Gasteiger partial charge >= 0.3 is 0 Å². The van der Waals surface area contributed by atoms with Crippen LogP contribution in [0.5, 0.6) is 0 Å². The summed E-state index contributed by atoms with van der Waals surface area (Å²) in [5.74, 6) is -1.84. The first-order valence-electron chi connectivity index (χ1n) is 6.29. The lowest BCUT2D eigenvalue weighted by molar-refractivity contribution is 0.439. The van der Waals surface area contributed by atoms with Gasteiger partial charge in [0.1, 0.15) is 16.5 Å². The minimum atomic E-state index is -3.68. The molecule has 0 saturated carbocycles. The molecule has 1 atom stereocenters. The largest absolute Gasteiger partial charge is 0.308 e. The van der Waals surface area contributed by atoms with Gasteiger partial charge in [-0.1, -0.05) is 13.8 Å². The Kier molecular flexibility index (Phi) is 3.92. The van der Waals surface area contributed by atoms with Crippen molar-refractivity contribution in [3.63, 3.8) is 0 Å². The van der Waals surface area contributed by atoms with Gasteiger partial charge in [0, 0.05) is 18.2 Å². The van der Waals surface area contributed by atoms with Gasteiger partial charge < -0.3 is 5.32 Å². The quantitative estimate of drug-likeness (QED) is 0.851. The van der Waals surface area contributed by atoms with Crippen LogP contribution in [0.2, 0.25) is 0 Å². The molecule has 1 unspecified atom stereocenters. The number of nitrogens with one attached hydrogen (secondary N) is 1. The lowest BCUT2D eigenvalue weighted by atomic mass is 10.0. The van der Waals surface area contributed by atoms with Crippen LogP contribution in [0.1, 0.15) is 38.3 Å². The smallest absolute Gasteiger partial charge is 0.181 e. The Morgan fingerprint density at radius 1 is 1.32 bits per heavy atom. The topological polar surface area (TPSA) is 46.2 Å². The molecule has 0 amide bonds. The van der Waals surface area contributed by atoms with Crippen LogP contribution in [0.25, 0.3) is 0 Å². The average Bonchev–Trinajstić information content (AvgIpc) is 2.35. The Balaban J connectivity index is 2.62. The number of sulfone groups is 1. The van der Waals surface area contributed by atoms with Crippen LogP contribution < -0.4 is 5.32 Å². The number of fused-ring (bicyclic) bond motifs is 1. The first kappa shape index (κ1) is 14.4. The van der Waals surface area contributed by atoms with Crippen molar-refractivity contribution in [2.45, 2.75) is 43.7 Å². The summed E-state index contributed by atoms with van der Waals surface area (Å²) in [6, 6.07) is 1.53. The average molecular weight is 289 g/mol. The Hall–Kier alpha value is -1.01. The normalized spacial score (nSPS) is 22.1. The highest BCUT2D eigenvalue weighted by molar-refractivity contribution is 7.91. The molecule has 0 spiro atoms. The number of halogens is 2. The summed E-state index contributed by atoms with van der Waals surface area (Å²) in [6.07, 6.45) is 0.982. The fourth-order valence-electron chi connectivity index (χ4n) is 2.48. The van der Waals surface area contributed by atoms with Gasteiger partial charge in [0.15, 0.2) is 9.84 Å². The fraction of sp³-hybridized carbons (Fsp3) is 0.538. The second kappa shape index (κ2) is 5.17. The second-order valence-electron chi connectivity index (χ2n) is 5.14. The summed E-state index contributed by atoms with van der Waals surface area (Å²) in [7, 11) is -3.68. The van der Waals surface area contributed by atoms with E-state index in [-0.39, 0.29) is 28.3 Å². The standard InChI is InChI=1S/C13H17F2NO2S/c1-8(2)16-12-4-3-5-19(17,18)13-10(12)6-9(14)7-11(13)15/h6-8,12,16H,3-5H2,1-2H3. The highest BCUT2D eigenvalue weighted by Crippen LogP contribution is 2.33. The van der Waals surface area contributed by atoms with Crippen LogP contribution >= 0.6 is 0 Å². The minimum absolute atomic E-state index is 0.0984. The van der Waals surface area contributed by atoms with E-state index < -0.39 is 21.5 Å². The van der Waals surface area contributed by atoms with Gasteiger partial charge in [-0.15, -0.1) is 0 Å². The van der Waals surface area contributed by atoms with Crippen LogP contribution in [-0.2, 0) is 9.84 Å². The van der Waals surface area contributed by atoms with E-state index in [9.17, 15) is 17.2 Å². The maximum Gasteiger partial charge on any atom is 0.181 e. The predicted molar refractivity (Wildman–Crippen MR) is 68.7 cm³/mol. The molecular formula is C13H17F2NO2S. The van der Waals surface area contributed by atoms with Gasteiger partial charge in [0.2, 0.25) is 0 Å². The van der Waals surface area contributed by atoms with Crippen LogP contribution in [0, 0.1) is 11.6 Å². The van der Waals surface area contributed by atoms with Gasteiger partial charge in [0.25, 0.3) is 0 Å². The van der Waals surface area contributed by atoms with Crippen LogP contribution in [0.15, 0.2) is 17.0 Å². The zero-order chi connectivity index (χ0) is 14.2. The Morgan fingerprint density at radius 3 is 2.63 bits per heavy atom. The third-order valence-electron chi connectivity index (χ3n) is 3.16. The number of hydrogen-bond acceptors (Lipinski definition) is 3. The van der Waals surface area contributed by atoms with Gasteiger partial charge in [-0.2, -0.15) is 0 Å². The van der Waals surface area contributed by atoms with Gasteiger partial charge in [-0.3, -0.25) is 0 Å². The number of rotatable bonds is 2. The molecule has 1 aromatic rings. The molecule has 2 rings (SSSR count). The summed E-state index contributed by atoms with van der Waals surface area (Å²) < 4.78 is 51.4. The van der Waals surface area contributed by atoms with Gasteiger partial charge in [-0.05, 0) is 24.5 Å². The molecule has 1 N–H and O–H groups in total. The van der Waals surface area contributed by atoms with Crippen molar-refractivity contribution in [3.05, 3.63) is 29.3 Å². The Labute approximate surface area is 111 Å². The molecular weight excluding hydrogens is 272 g/mol. The molecule has 6 heteroatoms. The van der Waals surface area contributed by atoms with Crippen molar-refractivity contribution in [2.75, 3.05) is 5.75 Å². The van der Waals surface area contributed by atoms with Crippen LogP contribution in [0.3, 0.4) is 0 Å². The molecule has 0 bridgehead atoms. The molecule has 1 aromatic carbocycles. The Morgan fingerprint density at radius 2 is 2.00 bits per heavy atom. The predicted octanol–water partition coefficient (Wildman–Crippen LogP) is 2.57. The van der Waals surface area contributed by atoms with E-state index in [0.717, 1.165) is 6.07 Å². The zero-order valence-electron chi connectivity index (χ0n) is 10.9. The monoisotopic (exact) mass is 289 g/mol. The highest BCUT2D eigenvalue weighted by atomic mass is 32.2. The first-order valence-corrected chi connectivity index (χ1v) is 7.94. The summed E-state index contributed by atoms with van der Waals surface area (Å²) in [5.41, 5.74) is 0.212. The Bertz CT molecular complexity index is 585.